The highest BCUT2D eigenvalue weighted by Gasteiger charge is 2.31. The van der Waals surface area contributed by atoms with Gasteiger partial charge >= 0.3 is 0 Å². The van der Waals surface area contributed by atoms with Crippen LogP contribution in [0.15, 0.2) is 65.7 Å². The van der Waals surface area contributed by atoms with Gasteiger partial charge in [0.05, 0.1) is 4.90 Å². The molecule has 0 aliphatic carbocycles. The van der Waals surface area contributed by atoms with Crippen LogP contribution in [0.5, 0.6) is 0 Å². The quantitative estimate of drug-likeness (QED) is 0.615. The highest BCUT2D eigenvalue weighted by atomic mass is 35.5. The van der Waals surface area contributed by atoms with Crippen molar-refractivity contribution in [1.29, 1.82) is 0 Å². The van der Waals surface area contributed by atoms with Gasteiger partial charge < -0.3 is 4.90 Å². The van der Waals surface area contributed by atoms with Crippen molar-refractivity contribution >= 4 is 27.5 Å². The molecule has 1 saturated heterocycles. The van der Waals surface area contributed by atoms with Crippen LogP contribution >= 0.6 is 11.6 Å². The first-order valence-electron chi connectivity index (χ1n) is 9.22. The summed E-state index contributed by atoms with van der Waals surface area (Å²) in [6, 6.07) is 13.8. The maximum atomic E-state index is 13.9. The zero-order valence-corrected chi connectivity index (χ0v) is 17.4. The standard InChI is InChI=1S/C20H18ClFN4O3S/c21-15-4-3-5-16(14-15)30(28,29)25-12-10-24(11-13-25)20(27)18-8-9-26(23-18)19-7-2-1-6-17(19)22/h1-9,14H,10-13H2. The second kappa shape index (κ2) is 8.17. The molecular weight excluding hydrogens is 431 g/mol. The Hall–Kier alpha value is -2.75. The van der Waals surface area contributed by atoms with E-state index in [4.69, 9.17) is 11.6 Å². The molecule has 1 aliphatic heterocycles. The van der Waals surface area contributed by atoms with Gasteiger partial charge in [0.25, 0.3) is 5.91 Å². The molecule has 1 aromatic heterocycles. The largest absolute Gasteiger partial charge is 0.335 e. The molecule has 0 saturated carbocycles. The topological polar surface area (TPSA) is 75.5 Å². The minimum atomic E-state index is -3.69. The Labute approximate surface area is 178 Å². The number of hydrogen-bond donors (Lipinski definition) is 0. The Bertz CT molecular complexity index is 1190. The fourth-order valence-electron chi connectivity index (χ4n) is 3.28. The van der Waals surface area contributed by atoms with E-state index in [0.717, 1.165) is 0 Å². The Morgan fingerprint density at radius 2 is 1.73 bits per heavy atom. The summed E-state index contributed by atoms with van der Waals surface area (Å²) in [7, 11) is -3.69. The van der Waals surface area contributed by atoms with Crippen molar-refractivity contribution in [2.45, 2.75) is 4.90 Å². The number of aromatic nitrogens is 2. The summed E-state index contributed by atoms with van der Waals surface area (Å²) in [4.78, 5) is 14.4. The van der Waals surface area contributed by atoms with Crippen LogP contribution in [0.25, 0.3) is 5.69 Å². The summed E-state index contributed by atoms with van der Waals surface area (Å²) in [5.41, 5.74) is 0.415. The molecule has 3 aromatic rings. The van der Waals surface area contributed by atoms with Gasteiger partial charge in [0.15, 0.2) is 5.69 Å². The summed E-state index contributed by atoms with van der Waals surface area (Å²) in [6.07, 6.45) is 1.52. The zero-order chi connectivity index (χ0) is 21.3. The van der Waals surface area contributed by atoms with Crippen LogP contribution in [-0.4, -0.2) is 59.5 Å². The molecule has 4 rings (SSSR count). The lowest BCUT2D eigenvalue weighted by Crippen LogP contribution is -2.50. The lowest BCUT2D eigenvalue weighted by atomic mass is 10.3. The molecule has 0 unspecified atom stereocenters. The fourth-order valence-corrected chi connectivity index (χ4v) is 5.00. The lowest BCUT2D eigenvalue weighted by Gasteiger charge is -2.33. The SMILES string of the molecule is O=C(c1ccn(-c2ccccc2F)n1)N1CCN(S(=O)(=O)c2cccc(Cl)c2)CC1. The number of carbonyl (C=O) groups excluding carboxylic acids is 1. The number of carbonyl (C=O) groups is 1. The minimum Gasteiger partial charge on any atom is -0.335 e. The van der Waals surface area contributed by atoms with Crippen molar-refractivity contribution in [2.75, 3.05) is 26.2 Å². The number of piperazine rings is 1. The van der Waals surface area contributed by atoms with Crippen molar-refractivity contribution in [1.82, 2.24) is 19.0 Å². The first-order valence-corrected chi connectivity index (χ1v) is 11.0. The smallest absolute Gasteiger partial charge is 0.274 e. The third-order valence-electron chi connectivity index (χ3n) is 4.87. The van der Waals surface area contributed by atoms with Crippen molar-refractivity contribution in [3.63, 3.8) is 0 Å². The van der Waals surface area contributed by atoms with Crippen molar-refractivity contribution in [3.05, 3.63) is 77.3 Å². The van der Waals surface area contributed by atoms with E-state index in [0.29, 0.717) is 5.02 Å². The van der Waals surface area contributed by atoms with Gasteiger partial charge in [0.2, 0.25) is 10.0 Å². The molecule has 0 bridgehead atoms. The number of hydrogen-bond acceptors (Lipinski definition) is 4. The van der Waals surface area contributed by atoms with Crippen LogP contribution in [0, 0.1) is 5.82 Å². The van der Waals surface area contributed by atoms with Crippen LogP contribution in [-0.2, 0) is 10.0 Å². The second-order valence-corrected chi connectivity index (χ2v) is 9.12. The van der Waals surface area contributed by atoms with Crippen LogP contribution in [0.4, 0.5) is 4.39 Å². The number of benzene rings is 2. The van der Waals surface area contributed by atoms with E-state index in [1.54, 1.807) is 30.3 Å². The Kier molecular flexibility index (Phi) is 5.59. The third-order valence-corrected chi connectivity index (χ3v) is 7.00. The first-order chi connectivity index (χ1) is 14.4. The van der Waals surface area contributed by atoms with E-state index < -0.39 is 15.8 Å². The van der Waals surface area contributed by atoms with Crippen molar-refractivity contribution in [2.24, 2.45) is 0 Å². The maximum Gasteiger partial charge on any atom is 0.274 e. The molecule has 10 heteroatoms. The molecule has 0 spiro atoms. The number of para-hydroxylation sites is 1. The van der Waals surface area contributed by atoms with Gasteiger partial charge in [-0.15, -0.1) is 0 Å². The van der Waals surface area contributed by atoms with E-state index in [2.05, 4.69) is 5.10 Å². The average molecular weight is 449 g/mol. The Morgan fingerprint density at radius 1 is 1.00 bits per heavy atom. The van der Waals surface area contributed by atoms with E-state index in [1.807, 2.05) is 0 Å². The van der Waals surface area contributed by atoms with Crippen LogP contribution in [0.1, 0.15) is 10.5 Å². The summed E-state index contributed by atoms with van der Waals surface area (Å²) >= 11 is 5.91. The monoisotopic (exact) mass is 448 g/mol. The first kappa shape index (κ1) is 20.5. The predicted octanol–water partition coefficient (Wildman–Crippen LogP) is 2.81. The minimum absolute atomic E-state index is 0.124. The van der Waals surface area contributed by atoms with Crippen molar-refractivity contribution in [3.8, 4) is 5.69 Å². The molecule has 1 fully saturated rings. The Morgan fingerprint density at radius 3 is 2.43 bits per heavy atom. The number of amides is 1. The molecule has 0 radical (unpaired) electrons. The molecule has 7 nitrogen and oxygen atoms in total. The normalized spacial score (nSPS) is 15.3. The number of nitrogens with zero attached hydrogens (tertiary/aromatic N) is 4. The molecule has 1 aliphatic rings. The molecule has 2 aromatic carbocycles. The Balaban J connectivity index is 1.45. The van der Waals surface area contributed by atoms with Gasteiger partial charge in [0.1, 0.15) is 11.5 Å². The van der Waals surface area contributed by atoms with Gasteiger partial charge in [-0.3, -0.25) is 4.79 Å². The summed E-state index contributed by atoms with van der Waals surface area (Å²) < 4.78 is 42.2. The molecular formula is C20H18ClFN4O3S. The molecule has 1 amide bonds. The predicted molar refractivity (Wildman–Crippen MR) is 110 cm³/mol. The molecule has 156 valence electrons. The number of rotatable bonds is 4. The van der Waals surface area contributed by atoms with Crippen LogP contribution in [0.3, 0.4) is 0 Å². The lowest BCUT2D eigenvalue weighted by molar-refractivity contribution is 0.0691. The van der Waals surface area contributed by atoms with Gasteiger partial charge in [-0.05, 0) is 36.4 Å². The van der Waals surface area contributed by atoms with Crippen LogP contribution < -0.4 is 0 Å². The summed E-state index contributed by atoms with van der Waals surface area (Å²) in [5.74, 6) is -0.774. The fraction of sp³-hybridized carbons (Fsp3) is 0.200. The van der Waals surface area contributed by atoms with E-state index >= 15 is 0 Å². The van der Waals surface area contributed by atoms with E-state index in [1.165, 1.54) is 44.3 Å². The molecule has 2 heterocycles. The van der Waals surface area contributed by atoms with Crippen molar-refractivity contribution < 1.29 is 17.6 Å². The maximum absolute atomic E-state index is 13.9. The summed E-state index contributed by atoms with van der Waals surface area (Å²) in [6.45, 7) is 0.777. The van der Waals surface area contributed by atoms with Gasteiger partial charge in [-0.25, -0.2) is 17.5 Å². The average Bonchev–Trinajstić information content (AvgIpc) is 3.23. The number of sulfonamides is 1. The highest BCUT2D eigenvalue weighted by Crippen LogP contribution is 2.21. The van der Waals surface area contributed by atoms with E-state index in [9.17, 15) is 17.6 Å². The molecule has 0 atom stereocenters. The second-order valence-electron chi connectivity index (χ2n) is 6.75. The number of halogens is 2. The van der Waals surface area contributed by atoms with Crippen LogP contribution in [0.2, 0.25) is 5.02 Å². The highest BCUT2D eigenvalue weighted by molar-refractivity contribution is 7.89. The van der Waals surface area contributed by atoms with Gasteiger partial charge in [-0.2, -0.15) is 9.40 Å². The summed E-state index contributed by atoms with van der Waals surface area (Å²) in [5, 5.41) is 4.52. The molecule has 30 heavy (non-hydrogen) atoms. The van der Waals surface area contributed by atoms with E-state index in [-0.39, 0.29) is 48.4 Å². The zero-order valence-electron chi connectivity index (χ0n) is 15.8. The third kappa shape index (κ3) is 3.96. The van der Waals surface area contributed by atoms with Gasteiger partial charge in [-0.1, -0.05) is 29.8 Å². The van der Waals surface area contributed by atoms with Gasteiger partial charge in [0, 0.05) is 37.4 Å². The molecule has 0 N–H and O–H groups in total.